The molecule has 2 N–H and O–H groups in total. The zero-order chi connectivity index (χ0) is 20.4. The van der Waals surface area contributed by atoms with Crippen molar-refractivity contribution >= 4 is 23.1 Å². The number of hydrogen-bond acceptors (Lipinski definition) is 3. The lowest BCUT2D eigenvalue weighted by Crippen LogP contribution is -2.50. The molecule has 4 heteroatoms. The molecule has 1 aromatic rings. The number of allylic oxidation sites excluding steroid dienone is 1. The Balaban J connectivity index is 1.51. The maximum atomic E-state index is 13.7. The summed E-state index contributed by atoms with van der Waals surface area (Å²) in [7, 11) is 0. The van der Waals surface area contributed by atoms with Crippen LogP contribution in [0.3, 0.4) is 0 Å². The van der Waals surface area contributed by atoms with E-state index in [1.807, 2.05) is 18.2 Å². The first-order chi connectivity index (χ1) is 13.7. The third kappa shape index (κ3) is 3.41. The fourth-order valence-corrected chi connectivity index (χ4v) is 7.03. The molecule has 1 aromatic carbocycles. The summed E-state index contributed by atoms with van der Waals surface area (Å²) in [6.07, 6.45) is 10.1. The van der Waals surface area contributed by atoms with Gasteiger partial charge in [-0.3, -0.25) is 9.59 Å². The molecule has 4 nitrogen and oxygen atoms in total. The smallest absolute Gasteiger partial charge is 0.221 e. The second kappa shape index (κ2) is 6.45. The monoisotopic (exact) mass is 392 g/mol. The lowest BCUT2D eigenvalue weighted by Gasteiger charge is -2.55. The van der Waals surface area contributed by atoms with Crippen LogP contribution in [0.15, 0.2) is 24.3 Å². The SMILES string of the molecule is CC(=O)Nc1ccc2c(c1)C(=CC(=O)C13CC4CC(CC(C4)C1)C3)NC(C)(C)C2. The first-order valence-electron chi connectivity index (χ1n) is 11.2. The molecular formula is C25H32N2O2. The molecule has 4 bridgehead atoms. The number of anilines is 1. The van der Waals surface area contributed by atoms with Crippen LogP contribution in [0.25, 0.3) is 5.70 Å². The fraction of sp³-hybridized carbons (Fsp3) is 0.600. The van der Waals surface area contributed by atoms with Gasteiger partial charge in [0.1, 0.15) is 0 Å². The molecule has 4 saturated carbocycles. The lowest BCUT2D eigenvalue weighted by molar-refractivity contribution is -0.138. The molecule has 5 aliphatic rings. The minimum absolute atomic E-state index is 0.0794. The van der Waals surface area contributed by atoms with Crippen molar-refractivity contribution in [2.45, 2.75) is 71.3 Å². The number of carbonyl (C=O) groups is 2. The Morgan fingerprint density at radius 1 is 1.07 bits per heavy atom. The average Bonchev–Trinajstić information content (AvgIpc) is 2.60. The minimum atomic E-state index is -0.125. The summed E-state index contributed by atoms with van der Waals surface area (Å²) in [5, 5.41) is 6.50. The first kappa shape index (κ1) is 18.9. The molecule has 29 heavy (non-hydrogen) atoms. The predicted molar refractivity (Wildman–Crippen MR) is 115 cm³/mol. The van der Waals surface area contributed by atoms with Gasteiger partial charge < -0.3 is 10.6 Å². The maximum Gasteiger partial charge on any atom is 0.221 e. The third-order valence-corrected chi connectivity index (χ3v) is 7.66. The van der Waals surface area contributed by atoms with Crippen LogP contribution in [0.5, 0.6) is 0 Å². The summed E-state index contributed by atoms with van der Waals surface area (Å²) in [5.74, 6) is 2.53. The molecule has 0 radical (unpaired) electrons. The van der Waals surface area contributed by atoms with E-state index in [-0.39, 0.29) is 16.9 Å². The Labute approximate surface area is 173 Å². The zero-order valence-corrected chi connectivity index (χ0v) is 17.8. The second-order valence-electron chi connectivity index (χ2n) is 10.9. The van der Waals surface area contributed by atoms with Gasteiger partial charge in [-0.25, -0.2) is 0 Å². The van der Waals surface area contributed by atoms with Crippen LogP contribution < -0.4 is 10.6 Å². The number of ketones is 1. The molecule has 0 spiro atoms. The summed E-state index contributed by atoms with van der Waals surface area (Å²) in [6, 6.07) is 6.06. The van der Waals surface area contributed by atoms with E-state index < -0.39 is 0 Å². The number of rotatable bonds is 3. The van der Waals surface area contributed by atoms with Gasteiger partial charge in [-0.15, -0.1) is 0 Å². The van der Waals surface area contributed by atoms with E-state index >= 15 is 0 Å². The first-order valence-corrected chi connectivity index (χ1v) is 11.2. The molecule has 154 valence electrons. The van der Waals surface area contributed by atoms with Crippen LogP contribution in [0, 0.1) is 23.2 Å². The van der Waals surface area contributed by atoms with E-state index in [2.05, 4.69) is 30.5 Å². The van der Waals surface area contributed by atoms with Crippen LogP contribution >= 0.6 is 0 Å². The third-order valence-electron chi connectivity index (χ3n) is 7.66. The van der Waals surface area contributed by atoms with Crippen molar-refractivity contribution < 1.29 is 9.59 Å². The Kier molecular flexibility index (Phi) is 4.20. The maximum absolute atomic E-state index is 13.7. The quantitative estimate of drug-likeness (QED) is 0.734. The standard InChI is InChI=1S/C25H32N2O2/c1-15(28)26-20-5-4-19-14-24(2,3)27-22(21(19)9-20)10-23(29)25-11-16-6-17(12-25)8-18(7-16)13-25/h4-5,9-10,16-18,27H,6-8,11-14H2,1-3H3,(H,26,28). The van der Waals surface area contributed by atoms with Gasteiger partial charge in [0, 0.05) is 40.9 Å². The number of benzene rings is 1. The summed E-state index contributed by atoms with van der Waals surface area (Å²) in [5.41, 5.74) is 3.76. The predicted octanol–water partition coefficient (Wildman–Crippen LogP) is 4.70. The molecule has 0 unspecified atom stereocenters. The van der Waals surface area contributed by atoms with Crippen LogP contribution in [0.2, 0.25) is 0 Å². The highest BCUT2D eigenvalue weighted by molar-refractivity contribution is 6.01. The highest BCUT2D eigenvalue weighted by Crippen LogP contribution is 2.60. The molecule has 0 aromatic heterocycles. The van der Waals surface area contributed by atoms with Crippen molar-refractivity contribution in [3.05, 3.63) is 35.4 Å². The van der Waals surface area contributed by atoms with Crippen LogP contribution in [0.4, 0.5) is 5.69 Å². The van der Waals surface area contributed by atoms with E-state index in [9.17, 15) is 9.59 Å². The van der Waals surface area contributed by atoms with Gasteiger partial charge in [-0.05, 0) is 94.2 Å². The van der Waals surface area contributed by atoms with E-state index in [0.29, 0.717) is 5.78 Å². The lowest BCUT2D eigenvalue weighted by atomic mass is 9.48. The summed E-state index contributed by atoms with van der Waals surface area (Å²) in [6.45, 7) is 5.88. The van der Waals surface area contributed by atoms with Gasteiger partial charge in [-0.2, -0.15) is 0 Å². The van der Waals surface area contributed by atoms with E-state index in [4.69, 9.17) is 0 Å². The second-order valence-corrected chi connectivity index (χ2v) is 10.9. The van der Waals surface area contributed by atoms with Crippen molar-refractivity contribution in [3.63, 3.8) is 0 Å². The number of carbonyl (C=O) groups excluding carboxylic acids is 2. The highest BCUT2D eigenvalue weighted by atomic mass is 16.1. The van der Waals surface area contributed by atoms with Crippen molar-refractivity contribution in [1.29, 1.82) is 0 Å². The van der Waals surface area contributed by atoms with E-state index in [0.717, 1.165) is 60.4 Å². The zero-order valence-electron chi connectivity index (χ0n) is 17.8. The molecule has 4 fully saturated rings. The van der Waals surface area contributed by atoms with Crippen molar-refractivity contribution in [3.8, 4) is 0 Å². The molecule has 1 aliphatic heterocycles. The van der Waals surface area contributed by atoms with E-state index in [1.165, 1.54) is 31.7 Å². The van der Waals surface area contributed by atoms with Gasteiger partial charge in [0.2, 0.25) is 5.91 Å². The summed E-state index contributed by atoms with van der Waals surface area (Å²) >= 11 is 0. The van der Waals surface area contributed by atoms with Crippen molar-refractivity contribution in [2.24, 2.45) is 23.2 Å². The molecule has 4 aliphatic carbocycles. The number of amides is 1. The largest absolute Gasteiger partial charge is 0.379 e. The highest BCUT2D eigenvalue weighted by Gasteiger charge is 2.54. The number of hydrogen-bond donors (Lipinski definition) is 2. The topological polar surface area (TPSA) is 58.2 Å². The Morgan fingerprint density at radius 2 is 1.69 bits per heavy atom. The Bertz CT molecular complexity index is 876. The van der Waals surface area contributed by atoms with E-state index in [1.54, 1.807) is 0 Å². The average molecular weight is 393 g/mol. The number of fused-ring (bicyclic) bond motifs is 1. The Morgan fingerprint density at radius 3 is 2.28 bits per heavy atom. The van der Waals surface area contributed by atoms with Gasteiger partial charge >= 0.3 is 0 Å². The van der Waals surface area contributed by atoms with Crippen molar-refractivity contribution in [1.82, 2.24) is 5.32 Å². The van der Waals surface area contributed by atoms with Gasteiger partial charge in [0.25, 0.3) is 0 Å². The number of nitrogens with one attached hydrogen (secondary N) is 2. The van der Waals surface area contributed by atoms with Crippen LogP contribution in [-0.2, 0) is 16.0 Å². The molecule has 1 heterocycles. The van der Waals surface area contributed by atoms with Gasteiger partial charge in [-0.1, -0.05) is 6.07 Å². The Hall–Kier alpha value is -2.10. The summed E-state index contributed by atoms with van der Waals surface area (Å²) in [4.78, 5) is 25.2. The normalized spacial score (nSPS) is 35.1. The van der Waals surface area contributed by atoms with Gasteiger partial charge in [0.05, 0.1) is 0 Å². The van der Waals surface area contributed by atoms with Gasteiger partial charge in [0.15, 0.2) is 5.78 Å². The molecular weight excluding hydrogens is 360 g/mol. The molecule has 0 saturated heterocycles. The molecule has 1 amide bonds. The van der Waals surface area contributed by atoms with Crippen LogP contribution in [0.1, 0.15) is 70.4 Å². The molecule has 6 rings (SSSR count). The fourth-order valence-electron chi connectivity index (χ4n) is 7.03. The molecule has 0 atom stereocenters. The van der Waals surface area contributed by atoms with Crippen molar-refractivity contribution in [2.75, 3.05) is 5.32 Å². The van der Waals surface area contributed by atoms with Crippen LogP contribution in [-0.4, -0.2) is 17.2 Å². The minimum Gasteiger partial charge on any atom is -0.379 e. The summed E-state index contributed by atoms with van der Waals surface area (Å²) < 4.78 is 0.